The lowest BCUT2D eigenvalue weighted by molar-refractivity contribution is -0.118. The lowest BCUT2D eigenvalue weighted by Crippen LogP contribution is -2.39. The van der Waals surface area contributed by atoms with Gasteiger partial charge in [-0.15, -0.1) is 0 Å². The Bertz CT molecular complexity index is 1150. The van der Waals surface area contributed by atoms with E-state index in [-0.39, 0.29) is 18.4 Å². The quantitative estimate of drug-likeness (QED) is 0.640. The third kappa shape index (κ3) is 5.03. The first-order valence-corrected chi connectivity index (χ1v) is 10.6. The lowest BCUT2D eigenvalue weighted by Gasteiger charge is -2.25. The molecule has 0 aromatic heterocycles. The standard InChI is InChI=1S/C25H22ClN3O3/c1-32-20-6-4-5-18(15-20)25(31)29(14-13-17-9-11-19(26)12-10-17)16-23-27-22-8-3-2-7-21(22)24(30)28-23/h2-12,15,21H,13-14,16H2,1H3. The van der Waals surface area contributed by atoms with Crippen molar-refractivity contribution in [3.05, 3.63) is 89.0 Å². The second kappa shape index (κ2) is 9.75. The maximum absolute atomic E-state index is 13.4. The van der Waals surface area contributed by atoms with Gasteiger partial charge in [0, 0.05) is 17.1 Å². The molecule has 0 saturated heterocycles. The van der Waals surface area contributed by atoms with Crippen molar-refractivity contribution in [2.24, 2.45) is 15.9 Å². The summed E-state index contributed by atoms with van der Waals surface area (Å²) >= 11 is 5.98. The minimum absolute atomic E-state index is 0.128. The molecule has 1 aliphatic heterocycles. The van der Waals surface area contributed by atoms with E-state index >= 15 is 0 Å². The minimum Gasteiger partial charge on any atom is -0.497 e. The molecule has 6 nitrogen and oxygen atoms in total. The SMILES string of the molecule is COc1cccc(C(=O)N(CCc2ccc(Cl)cc2)CC2=NC(=O)C3C=CC=CC3=N2)c1. The summed E-state index contributed by atoms with van der Waals surface area (Å²) in [6, 6.07) is 14.5. The monoisotopic (exact) mass is 447 g/mol. The number of amides is 2. The van der Waals surface area contributed by atoms with Crippen LogP contribution in [0.5, 0.6) is 5.75 Å². The Kier molecular flexibility index (Phi) is 6.61. The van der Waals surface area contributed by atoms with E-state index in [4.69, 9.17) is 16.3 Å². The number of fused-ring (bicyclic) bond motifs is 1. The first-order valence-electron chi connectivity index (χ1n) is 10.3. The van der Waals surface area contributed by atoms with E-state index in [0.717, 1.165) is 5.56 Å². The molecule has 162 valence electrons. The van der Waals surface area contributed by atoms with E-state index in [1.54, 1.807) is 48.4 Å². The Morgan fingerprint density at radius 2 is 1.94 bits per heavy atom. The number of methoxy groups -OCH3 is 1. The first-order chi connectivity index (χ1) is 15.5. The summed E-state index contributed by atoms with van der Waals surface area (Å²) in [4.78, 5) is 36.2. The molecule has 2 aromatic rings. The summed E-state index contributed by atoms with van der Waals surface area (Å²) in [5, 5.41) is 0.660. The predicted octanol–water partition coefficient (Wildman–Crippen LogP) is 4.16. The molecule has 0 radical (unpaired) electrons. The number of nitrogens with zero attached hydrogens (tertiary/aromatic N) is 3. The van der Waals surface area contributed by atoms with E-state index in [1.807, 2.05) is 36.4 Å². The fourth-order valence-electron chi connectivity index (χ4n) is 3.57. The van der Waals surface area contributed by atoms with Crippen molar-refractivity contribution in [2.75, 3.05) is 20.2 Å². The third-order valence-electron chi connectivity index (χ3n) is 5.28. The van der Waals surface area contributed by atoms with E-state index in [2.05, 4.69) is 9.98 Å². The zero-order chi connectivity index (χ0) is 22.5. The van der Waals surface area contributed by atoms with Gasteiger partial charge in [0.2, 0.25) is 0 Å². The van der Waals surface area contributed by atoms with Crippen LogP contribution < -0.4 is 4.74 Å². The first kappa shape index (κ1) is 21.7. The van der Waals surface area contributed by atoms with Crippen molar-refractivity contribution in [3.63, 3.8) is 0 Å². The van der Waals surface area contributed by atoms with Crippen molar-refractivity contribution >= 4 is 35.0 Å². The van der Waals surface area contributed by atoms with Crippen LogP contribution in [0.1, 0.15) is 15.9 Å². The summed E-state index contributed by atoms with van der Waals surface area (Å²) in [5.74, 6) is 0.0290. The van der Waals surface area contributed by atoms with Gasteiger partial charge in [-0.25, -0.2) is 4.99 Å². The minimum atomic E-state index is -0.444. The van der Waals surface area contributed by atoms with Crippen LogP contribution in [0, 0.1) is 5.92 Å². The Hall–Kier alpha value is -3.51. The summed E-state index contributed by atoms with van der Waals surface area (Å²) in [5.41, 5.74) is 2.19. The van der Waals surface area contributed by atoms with Crippen molar-refractivity contribution in [3.8, 4) is 5.75 Å². The number of aliphatic imine (C=N–C) groups is 2. The van der Waals surface area contributed by atoms with E-state index in [1.165, 1.54) is 0 Å². The van der Waals surface area contributed by atoms with Gasteiger partial charge < -0.3 is 9.64 Å². The maximum atomic E-state index is 13.4. The number of carbonyl (C=O) groups excluding carboxylic acids is 2. The van der Waals surface area contributed by atoms with Crippen LogP contribution in [-0.4, -0.2) is 48.5 Å². The highest BCUT2D eigenvalue weighted by Gasteiger charge is 2.28. The summed E-state index contributed by atoms with van der Waals surface area (Å²) in [6.07, 6.45) is 7.86. The van der Waals surface area contributed by atoms with Crippen LogP contribution in [-0.2, 0) is 11.2 Å². The van der Waals surface area contributed by atoms with Crippen molar-refractivity contribution in [2.45, 2.75) is 6.42 Å². The molecule has 0 bridgehead atoms. The van der Waals surface area contributed by atoms with E-state index < -0.39 is 5.92 Å². The maximum Gasteiger partial charge on any atom is 0.260 e. The average molecular weight is 448 g/mol. The Morgan fingerprint density at radius 3 is 2.72 bits per heavy atom. The predicted molar refractivity (Wildman–Crippen MR) is 126 cm³/mol. The Labute approximate surface area is 191 Å². The second-order valence-corrected chi connectivity index (χ2v) is 7.90. The molecule has 0 spiro atoms. The third-order valence-corrected chi connectivity index (χ3v) is 5.54. The van der Waals surface area contributed by atoms with Crippen LogP contribution in [0.15, 0.2) is 82.8 Å². The molecular weight excluding hydrogens is 426 g/mol. The smallest absolute Gasteiger partial charge is 0.260 e. The molecule has 2 amide bonds. The number of hydrogen-bond donors (Lipinski definition) is 0. The zero-order valence-electron chi connectivity index (χ0n) is 17.6. The van der Waals surface area contributed by atoms with Crippen molar-refractivity contribution in [1.29, 1.82) is 0 Å². The fourth-order valence-corrected chi connectivity index (χ4v) is 3.69. The van der Waals surface area contributed by atoms with Gasteiger partial charge in [-0.3, -0.25) is 9.59 Å². The molecule has 7 heteroatoms. The number of benzene rings is 2. The number of allylic oxidation sites excluding steroid dienone is 3. The van der Waals surface area contributed by atoms with Crippen molar-refractivity contribution in [1.82, 2.24) is 4.90 Å². The van der Waals surface area contributed by atoms with Crippen LogP contribution in [0.25, 0.3) is 0 Å². The average Bonchev–Trinajstić information content (AvgIpc) is 2.82. The van der Waals surface area contributed by atoms with Crippen LogP contribution in [0.3, 0.4) is 0 Å². The second-order valence-electron chi connectivity index (χ2n) is 7.46. The molecule has 1 atom stereocenters. The molecule has 1 aliphatic carbocycles. The van der Waals surface area contributed by atoms with Gasteiger partial charge in [-0.2, -0.15) is 4.99 Å². The molecule has 2 aliphatic rings. The molecule has 32 heavy (non-hydrogen) atoms. The van der Waals surface area contributed by atoms with Crippen molar-refractivity contribution < 1.29 is 14.3 Å². The zero-order valence-corrected chi connectivity index (χ0v) is 18.3. The molecule has 0 saturated carbocycles. The number of carbonyl (C=O) groups is 2. The van der Waals surface area contributed by atoms with Gasteiger partial charge in [-0.05, 0) is 48.4 Å². The van der Waals surface area contributed by atoms with Gasteiger partial charge in [0.25, 0.3) is 11.8 Å². The van der Waals surface area contributed by atoms with Gasteiger partial charge in [0.05, 0.1) is 19.4 Å². The molecule has 0 N–H and O–H groups in total. The van der Waals surface area contributed by atoms with Crippen LogP contribution in [0.4, 0.5) is 0 Å². The number of ether oxygens (including phenoxy) is 1. The van der Waals surface area contributed by atoms with Gasteiger partial charge in [0.1, 0.15) is 11.7 Å². The Balaban J connectivity index is 1.58. The molecule has 4 rings (SSSR count). The lowest BCUT2D eigenvalue weighted by atomic mass is 9.96. The van der Waals surface area contributed by atoms with Crippen LogP contribution in [0.2, 0.25) is 5.02 Å². The number of halogens is 1. The van der Waals surface area contributed by atoms with Gasteiger partial charge in [0.15, 0.2) is 5.84 Å². The normalized spacial score (nSPS) is 16.8. The number of rotatable bonds is 7. The summed E-state index contributed by atoms with van der Waals surface area (Å²) in [7, 11) is 1.56. The summed E-state index contributed by atoms with van der Waals surface area (Å²) < 4.78 is 5.26. The topological polar surface area (TPSA) is 71.3 Å². The van der Waals surface area contributed by atoms with Gasteiger partial charge >= 0.3 is 0 Å². The number of hydrogen-bond acceptors (Lipinski definition) is 4. The summed E-state index contributed by atoms with van der Waals surface area (Å²) in [6.45, 7) is 0.554. The Morgan fingerprint density at radius 1 is 1.12 bits per heavy atom. The molecule has 1 unspecified atom stereocenters. The highest BCUT2D eigenvalue weighted by molar-refractivity contribution is 6.30. The molecular formula is C25H22ClN3O3. The van der Waals surface area contributed by atoms with E-state index in [0.29, 0.717) is 40.8 Å². The van der Waals surface area contributed by atoms with Crippen LogP contribution >= 0.6 is 11.6 Å². The largest absolute Gasteiger partial charge is 0.497 e. The number of amidine groups is 1. The molecule has 2 aromatic carbocycles. The highest BCUT2D eigenvalue weighted by atomic mass is 35.5. The molecule has 0 fully saturated rings. The van der Waals surface area contributed by atoms with Gasteiger partial charge in [-0.1, -0.05) is 48.0 Å². The highest BCUT2D eigenvalue weighted by Crippen LogP contribution is 2.19. The fraction of sp³-hybridized carbons (Fsp3) is 0.200. The molecule has 1 heterocycles. The van der Waals surface area contributed by atoms with E-state index in [9.17, 15) is 9.59 Å².